The second-order valence-corrected chi connectivity index (χ2v) is 14.7. The zero-order valence-corrected chi connectivity index (χ0v) is 39.8. The average Bonchev–Trinajstić information content (AvgIpc) is 3.61. The van der Waals surface area contributed by atoms with E-state index in [-0.39, 0.29) is 88.6 Å². The van der Waals surface area contributed by atoms with Crippen LogP contribution in [-0.2, 0) is 85.8 Å². The molecule has 0 bridgehead atoms. The summed E-state index contributed by atoms with van der Waals surface area (Å²) in [5.41, 5.74) is 9.02. The molecule has 0 fully saturated rings. The maximum Gasteiger partial charge on any atom is 0.309 e. The van der Waals surface area contributed by atoms with Gasteiger partial charge < -0.3 is 15.3 Å². The molecule has 0 spiro atoms. The van der Waals surface area contributed by atoms with Crippen molar-refractivity contribution in [1.29, 1.82) is 0 Å². The summed E-state index contributed by atoms with van der Waals surface area (Å²) in [5, 5.41) is 17.1. The Morgan fingerprint density at radius 2 is 1.36 bits per heavy atom. The maximum atomic E-state index is 12.5. The van der Waals surface area contributed by atoms with Crippen LogP contribution in [0.15, 0.2) is 96.8 Å². The van der Waals surface area contributed by atoms with Gasteiger partial charge in [-0.3, -0.25) is 9.59 Å². The molecule has 0 saturated heterocycles. The van der Waals surface area contributed by atoms with Gasteiger partial charge in [0.2, 0.25) is 5.91 Å². The van der Waals surface area contributed by atoms with E-state index in [0.717, 1.165) is 58.9 Å². The van der Waals surface area contributed by atoms with Gasteiger partial charge in [0.25, 0.3) is 0 Å². The second kappa shape index (κ2) is 19.6. The number of benzene rings is 4. The van der Waals surface area contributed by atoms with Crippen LogP contribution in [0.1, 0.15) is 88.5 Å². The molecular weight excluding hydrogens is 844 g/mol. The van der Waals surface area contributed by atoms with Gasteiger partial charge in [-0.1, -0.05) is 95.7 Å². The van der Waals surface area contributed by atoms with E-state index in [1.807, 2.05) is 6.08 Å². The summed E-state index contributed by atoms with van der Waals surface area (Å²) < 4.78 is 2.22. The number of anilines is 1. The Morgan fingerprint density at radius 1 is 0.786 bits per heavy atom. The van der Waals surface area contributed by atoms with Gasteiger partial charge in [-0.15, -0.1) is 69.1 Å². The number of carboxylic acid groups (broad SMARTS) is 1. The fourth-order valence-electron chi connectivity index (χ4n) is 9.11. The van der Waals surface area contributed by atoms with E-state index in [1.165, 1.54) is 33.3 Å². The number of fused-ring (bicyclic) bond motifs is 6. The van der Waals surface area contributed by atoms with Crippen LogP contribution in [0.3, 0.4) is 0 Å². The number of carbonyl (C=O) groups excluding carboxylic acids is 1. The van der Waals surface area contributed by atoms with Gasteiger partial charge in [0.1, 0.15) is 6.42 Å². The van der Waals surface area contributed by atoms with Crippen LogP contribution in [0, 0.1) is 26.0 Å². The number of aryl methyl sites for hydroxylation is 2. The van der Waals surface area contributed by atoms with Crippen molar-refractivity contribution >= 4 is 50.5 Å². The molecule has 286 valence electrons. The Labute approximate surface area is 384 Å². The first-order valence-electron chi connectivity index (χ1n) is 19.6. The van der Waals surface area contributed by atoms with Crippen molar-refractivity contribution in [2.45, 2.75) is 90.9 Å². The topological polar surface area (TPSA) is 72.7 Å². The molecule has 56 heavy (non-hydrogen) atoms. The van der Waals surface area contributed by atoms with Crippen LogP contribution in [0.4, 0.5) is 11.4 Å². The summed E-state index contributed by atoms with van der Waals surface area (Å²) in [7, 11) is 1.69. The molecule has 4 aromatic carbocycles. The van der Waals surface area contributed by atoms with Crippen LogP contribution in [0.5, 0.6) is 0 Å². The summed E-state index contributed by atoms with van der Waals surface area (Å²) in [4.78, 5) is 26.6. The Kier molecular flexibility index (Phi) is 16.0. The summed E-state index contributed by atoms with van der Waals surface area (Å²) >= 11 is 0. The Hall–Kier alpha value is -3.02. The van der Waals surface area contributed by atoms with E-state index in [1.54, 1.807) is 7.05 Å². The summed E-state index contributed by atoms with van der Waals surface area (Å²) in [6.07, 6.45) is 18.8. The fraction of sp³-hybridized carbons (Fsp3) is 0.354. The second-order valence-electron chi connectivity index (χ2n) is 14.7. The third-order valence-corrected chi connectivity index (χ3v) is 11.9. The quantitative estimate of drug-likeness (QED) is 0.0752. The SMILES string of the molecule is CCC1(CC)C(/C=C/C=C/C=C/C=C2/N(CCC(=O)NC)c3ccc4cc(C)c[c-]c4c3C2(CC)CC)=[N+](CCC(=O)O)c2ccc3cc(C)c[c-]c3c21.[Y].[Y]. The van der Waals surface area contributed by atoms with E-state index >= 15 is 0 Å². The molecule has 1 amide bonds. The Morgan fingerprint density at radius 3 is 1.95 bits per heavy atom. The Bertz CT molecular complexity index is 2260. The van der Waals surface area contributed by atoms with Crippen LogP contribution >= 0.6 is 0 Å². The van der Waals surface area contributed by atoms with Gasteiger partial charge in [-0.25, -0.2) is 4.58 Å². The fourth-order valence-corrected chi connectivity index (χ4v) is 9.11. The van der Waals surface area contributed by atoms with Crippen molar-refractivity contribution in [3.63, 3.8) is 0 Å². The molecule has 0 aliphatic carbocycles. The number of aliphatic carboxylic acids is 1. The normalized spacial score (nSPS) is 16.3. The van der Waals surface area contributed by atoms with E-state index in [0.29, 0.717) is 19.5 Å². The van der Waals surface area contributed by atoms with E-state index < -0.39 is 5.97 Å². The molecule has 2 aliphatic heterocycles. The maximum absolute atomic E-state index is 12.5. The number of nitrogens with one attached hydrogen (secondary N) is 1. The zero-order valence-electron chi connectivity index (χ0n) is 34.1. The molecule has 6 nitrogen and oxygen atoms in total. The number of carboxylic acids is 1. The smallest absolute Gasteiger partial charge is 0.309 e. The van der Waals surface area contributed by atoms with Crippen molar-refractivity contribution < 1.29 is 84.7 Å². The van der Waals surface area contributed by atoms with Crippen molar-refractivity contribution in [3.05, 3.63) is 131 Å². The number of hydrogen-bond acceptors (Lipinski definition) is 3. The molecule has 4 aromatic rings. The van der Waals surface area contributed by atoms with Crippen molar-refractivity contribution in [2.24, 2.45) is 0 Å². The Balaban J connectivity index is 0.00000348. The molecule has 2 radical (unpaired) electrons. The molecule has 0 aromatic heterocycles. The van der Waals surface area contributed by atoms with Gasteiger partial charge in [0.15, 0.2) is 17.9 Å². The van der Waals surface area contributed by atoms with Crippen LogP contribution in [0.25, 0.3) is 21.5 Å². The molecule has 0 atom stereocenters. The molecule has 8 heteroatoms. The minimum atomic E-state index is -0.804. The largest absolute Gasteiger partial charge is 0.481 e. The van der Waals surface area contributed by atoms with Gasteiger partial charge in [0.05, 0.1) is 5.41 Å². The summed E-state index contributed by atoms with van der Waals surface area (Å²) in [5.74, 6) is -0.780. The number of rotatable bonds is 14. The van der Waals surface area contributed by atoms with Gasteiger partial charge in [-0.2, -0.15) is 0 Å². The van der Waals surface area contributed by atoms with Gasteiger partial charge in [-0.05, 0) is 43.4 Å². The summed E-state index contributed by atoms with van der Waals surface area (Å²) in [6.45, 7) is 14.2. The molecule has 6 rings (SSSR count). The first-order valence-corrected chi connectivity index (χ1v) is 19.6. The van der Waals surface area contributed by atoms with E-state index in [2.05, 4.69) is 153 Å². The standard InChI is InChI=1S/C48H54N3O3.2Y/c1-8-47(9-2)41(50(29-27-43(52)49-7)39-25-21-35-31-33(5)19-23-37(35)45(39)47)17-15-13-12-14-16-18-42-48(10-3,11-4)46-38-24-20-34(6)32-36(38)22-26-40(46)51(42)30-28-44(53)54;;/h12-22,25-26,31-32H,8-11,27-30H2,1-7H3,(H,49,52)(H,53,54);;/q-1;;. The van der Waals surface area contributed by atoms with Crippen molar-refractivity contribution in [1.82, 2.24) is 5.32 Å². The first-order chi connectivity index (χ1) is 26.1. The van der Waals surface area contributed by atoms with Crippen LogP contribution < -0.4 is 10.2 Å². The third-order valence-electron chi connectivity index (χ3n) is 11.9. The number of allylic oxidation sites excluding steroid dienone is 8. The van der Waals surface area contributed by atoms with Crippen molar-refractivity contribution in [2.75, 3.05) is 25.0 Å². The van der Waals surface area contributed by atoms with E-state index in [4.69, 9.17) is 0 Å². The number of amides is 1. The molecular formula is C48H54N3O3Y2-. The molecule has 0 unspecified atom stereocenters. The monoisotopic (exact) mass is 898 g/mol. The molecule has 2 aliphatic rings. The first kappa shape index (κ1) is 45.7. The minimum Gasteiger partial charge on any atom is -0.481 e. The number of nitrogens with zero attached hydrogens (tertiary/aromatic N) is 2. The zero-order chi connectivity index (χ0) is 38.6. The van der Waals surface area contributed by atoms with Crippen LogP contribution in [-0.4, -0.2) is 47.4 Å². The van der Waals surface area contributed by atoms with E-state index in [9.17, 15) is 14.7 Å². The van der Waals surface area contributed by atoms with Crippen LogP contribution in [0.2, 0.25) is 0 Å². The molecule has 2 heterocycles. The third kappa shape index (κ3) is 8.42. The molecule has 0 saturated carbocycles. The number of carbonyl (C=O) groups is 2. The predicted octanol–water partition coefficient (Wildman–Crippen LogP) is 10.1. The van der Waals surface area contributed by atoms with Gasteiger partial charge in [0, 0.05) is 108 Å². The average molecular weight is 899 g/mol. The predicted molar refractivity (Wildman–Crippen MR) is 223 cm³/mol. The summed E-state index contributed by atoms with van der Waals surface area (Å²) in [6, 6.07) is 24.5. The van der Waals surface area contributed by atoms with Gasteiger partial charge >= 0.3 is 5.97 Å². The molecule has 2 N–H and O–H groups in total. The minimum absolute atomic E-state index is 0. The number of hydrogen-bond donors (Lipinski definition) is 2. The van der Waals surface area contributed by atoms with Crippen molar-refractivity contribution in [3.8, 4) is 0 Å².